The van der Waals surface area contributed by atoms with E-state index >= 15 is 0 Å². The minimum Gasteiger partial charge on any atom is -0.0388 e. The first-order valence-electron chi connectivity index (χ1n) is 0.577. The van der Waals surface area contributed by atoms with Crippen LogP contribution >= 0.6 is 0 Å². The Bertz CT molecular complexity index is 15.5. The summed E-state index contributed by atoms with van der Waals surface area (Å²) in [6.07, 6.45) is 0. The largest absolute Gasteiger partial charge is 0.0434 e. The van der Waals surface area contributed by atoms with Crippen molar-refractivity contribution < 1.29 is 70.1 Å². The van der Waals surface area contributed by atoms with Crippen molar-refractivity contribution in [3.8, 4) is 0 Å². The van der Waals surface area contributed by atoms with Crippen LogP contribution in [0.3, 0.4) is 0 Å². The number of hydrogen-bond acceptors (Lipinski definition) is 0. The molecule has 0 N–H and O–H groups in total. The summed E-state index contributed by atoms with van der Waals surface area (Å²) < 4.78 is 0. The Balaban J connectivity index is -0.000000000833. The molecule has 0 spiro atoms. The minimum atomic E-state index is 0. The Kier molecular flexibility index (Phi) is 341. The summed E-state index contributed by atoms with van der Waals surface area (Å²) in [5, 5.41) is 0. The van der Waals surface area contributed by atoms with Crippen molar-refractivity contribution in [3.05, 3.63) is 0 Å². The fourth-order valence-electron chi connectivity index (χ4n) is 0. The predicted octanol–water partition coefficient (Wildman–Crippen LogP) is -1.57. The van der Waals surface area contributed by atoms with Gasteiger partial charge < -0.3 is 0 Å². The van der Waals surface area contributed by atoms with Crippen LogP contribution in [0.5, 0.6) is 0 Å². The van der Waals surface area contributed by atoms with E-state index < -0.39 is 0 Å². The molecule has 0 unspecified atom stereocenters. The van der Waals surface area contributed by atoms with E-state index in [4.69, 9.17) is 0 Å². The Morgan fingerprint density at radius 3 is 1.17 bits per heavy atom. The molecule has 4 radical (unpaired) electrons. The van der Waals surface area contributed by atoms with Gasteiger partial charge in [-0.25, -0.2) is 0 Å². The molecule has 0 aromatic rings. The summed E-state index contributed by atoms with van der Waals surface area (Å²) in [6.45, 7) is 0. The number of hydrogen-bond donors (Lipinski definition) is 0. The van der Waals surface area contributed by atoms with E-state index in [1.807, 2.05) is 0 Å². The normalized spacial score (nSPS) is 1.33. The summed E-state index contributed by atoms with van der Waals surface area (Å²) in [6, 6.07) is 0. The first kappa shape index (κ1) is 39.5. The van der Waals surface area contributed by atoms with Crippen LogP contribution in [-0.4, -0.2) is 17.6 Å². The van der Waals surface area contributed by atoms with Gasteiger partial charge in [-0.15, -0.1) is 0 Å². The van der Waals surface area contributed by atoms with Gasteiger partial charge in [0.25, 0.3) is 0 Å². The number of rotatable bonds is 0. The van der Waals surface area contributed by atoms with E-state index in [0.29, 0.717) is 0 Å². The first-order chi connectivity index (χ1) is 1.00. The fourth-order valence-corrected chi connectivity index (χ4v) is 0. The molecule has 0 bridgehead atoms. The topological polar surface area (TPSA) is 0 Å². The van der Waals surface area contributed by atoms with Crippen LogP contribution in [0.25, 0.3) is 0 Å². The molecular weight excluding hydrogens is 281 g/mol. The minimum absolute atomic E-state index is 0. The van der Waals surface area contributed by atoms with Gasteiger partial charge in [0, 0.05) is 77.5 Å². The van der Waals surface area contributed by atoms with E-state index in [0.717, 1.165) is 10.1 Å². The molecule has 0 aliphatic rings. The monoisotopic (exact) mass is 282 g/mol. The third kappa shape index (κ3) is 32.0. The van der Waals surface area contributed by atoms with Gasteiger partial charge in [-0.05, 0) is 10.1 Å². The zero-order valence-electron chi connectivity index (χ0n) is 3.28. The molecule has 6 heteroatoms. The van der Waals surface area contributed by atoms with Gasteiger partial charge in [0.05, 0.1) is 0 Å². The maximum atomic E-state index is 4.64. The van der Waals surface area contributed by atoms with Crippen molar-refractivity contribution in [2.24, 2.45) is 0 Å². The summed E-state index contributed by atoms with van der Waals surface area (Å²) in [5.74, 6) is 0. The average Bonchev–Trinajstić information content (AvgIpc) is 1.00. The Morgan fingerprint density at radius 1 is 1.17 bits per heavy atom. The standard InChI is InChI=1S/BH3Si.Cu.Mn.Ni.Zn/c1-2;;;;/h2H3;;;;. The molecule has 0 atom stereocenters. The second-order valence-corrected chi connectivity index (χ2v) is 0. The fraction of sp³-hybridized carbons (Fsp3) is 0. The van der Waals surface area contributed by atoms with Crippen LogP contribution in [0.2, 0.25) is 0 Å². The molecule has 0 nitrogen and oxygen atoms in total. The molecule has 0 amide bonds. The van der Waals surface area contributed by atoms with E-state index in [-0.39, 0.29) is 70.1 Å². The molecule has 0 aliphatic heterocycles. The zero-order chi connectivity index (χ0) is 2.00. The molecule has 0 aliphatic carbocycles. The van der Waals surface area contributed by atoms with Crippen molar-refractivity contribution in [1.82, 2.24) is 0 Å². The summed E-state index contributed by atoms with van der Waals surface area (Å²) in [5.41, 5.74) is 0. The van der Waals surface area contributed by atoms with Gasteiger partial charge in [0.1, 0.15) is 0 Å². The second kappa shape index (κ2) is 51.9. The maximum absolute atomic E-state index is 4.64. The van der Waals surface area contributed by atoms with E-state index in [1.54, 1.807) is 0 Å². The summed E-state index contributed by atoms with van der Waals surface area (Å²) in [4.78, 5) is 0. The smallest absolute Gasteiger partial charge is 0.0388 e. The van der Waals surface area contributed by atoms with E-state index in [9.17, 15) is 0 Å². The van der Waals surface area contributed by atoms with Crippen LogP contribution in [0.1, 0.15) is 0 Å². The van der Waals surface area contributed by atoms with Crippen molar-refractivity contribution in [1.29, 1.82) is 0 Å². The third-order valence-electron chi connectivity index (χ3n) is 0. The van der Waals surface area contributed by atoms with Crippen LogP contribution in [0.4, 0.5) is 0 Å². The van der Waals surface area contributed by atoms with E-state index in [1.165, 1.54) is 0 Å². The molecule has 40 valence electrons. The van der Waals surface area contributed by atoms with E-state index in [2.05, 4.69) is 7.44 Å². The van der Waals surface area contributed by atoms with Gasteiger partial charge in [0.2, 0.25) is 0 Å². The average molecular weight is 284 g/mol. The molecule has 0 rings (SSSR count). The van der Waals surface area contributed by atoms with Crippen LogP contribution in [-0.2, 0) is 70.1 Å². The summed E-state index contributed by atoms with van der Waals surface area (Å²) >= 11 is 0. The first-order valence-corrected chi connectivity index (χ1v) is 1.73. The second-order valence-electron chi connectivity index (χ2n) is 0. The summed E-state index contributed by atoms with van der Waals surface area (Å²) in [7, 11) is 5.44. The van der Waals surface area contributed by atoms with Crippen LogP contribution in [0, 0.1) is 0 Å². The van der Waals surface area contributed by atoms with Gasteiger partial charge in [-0.3, -0.25) is 0 Å². The molecule has 0 saturated carbocycles. The van der Waals surface area contributed by atoms with Gasteiger partial charge in [-0.2, -0.15) is 0 Å². The zero-order valence-corrected chi connectivity index (χ0v) is 11.4. The van der Waals surface area contributed by atoms with Crippen LogP contribution in [0.15, 0.2) is 0 Å². The maximum Gasteiger partial charge on any atom is 0.0434 e. The Morgan fingerprint density at radius 2 is 1.17 bits per heavy atom. The Labute approximate surface area is 86.8 Å². The quantitative estimate of drug-likeness (QED) is 0.471. The third-order valence-corrected chi connectivity index (χ3v) is 0. The van der Waals surface area contributed by atoms with Gasteiger partial charge in [0.15, 0.2) is 0 Å². The SMILES string of the molecule is [B][SiH3].[Cu].[Mn].[Ni].[Zn]. The molecule has 0 heterocycles. The molecule has 6 heavy (non-hydrogen) atoms. The van der Waals surface area contributed by atoms with Crippen molar-refractivity contribution >= 4 is 17.6 Å². The molecule has 0 aromatic heterocycles. The predicted molar refractivity (Wildman–Crippen MR) is 15.7 cm³/mol. The van der Waals surface area contributed by atoms with Crippen molar-refractivity contribution in [2.75, 3.05) is 0 Å². The van der Waals surface area contributed by atoms with Crippen molar-refractivity contribution in [3.63, 3.8) is 0 Å². The van der Waals surface area contributed by atoms with Crippen LogP contribution < -0.4 is 0 Å². The Hall–Kier alpha value is 2.44. The molecule has 0 aromatic carbocycles. The van der Waals surface area contributed by atoms with Crippen molar-refractivity contribution in [2.45, 2.75) is 0 Å². The van der Waals surface area contributed by atoms with Gasteiger partial charge in [-0.1, -0.05) is 0 Å². The molecule has 0 fully saturated rings. The molecule has 0 saturated heterocycles. The molecular formula is H3BCuMnNiSiZn. The van der Waals surface area contributed by atoms with Gasteiger partial charge >= 0.3 is 0 Å².